The Morgan fingerprint density at radius 3 is 2.00 bits per heavy atom. The smallest absolute Gasteiger partial charge is 0.191 e. The molecule has 0 spiro atoms. The molecule has 0 aromatic carbocycles. The van der Waals surface area contributed by atoms with Crippen LogP contribution in [-0.4, -0.2) is 49.1 Å². The summed E-state index contributed by atoms with van der Waals surface area (Å²) in [5, 5.41) is 7.12. The molecule has 4 nitrogen and oxygen atoms in total. The second-order valence-electron chi connectivity index (χ2n) is 6.03. The molecule has 0 atom stereocenters. The Balaban J connectivity index is 1.41. The average molecular weight is 250 g/mol. The number of nitrogens with zero attached hydrogens (tertiary/aromatic N) is 2. The highest BCUT2D eigenvalue weighted by Gasteiger charge is 2.32. The molecular weight excluding hydrogens is 224 g/mol. The number of piperidine rings is 1. The predicted molar refractivity (Wildman–Crippen MR) is 74.9 cm³/mol. The second kappa shape index (κ2) is 5.47. The molecule has 3 aliphatic rings. The van der Waals surface area contributed by atoms with Gasteiger partial charge in [0, 0.05) is 38.3 Å². The van der Waals surface area contributed by atoms with Crippen molar-refractivity contribution in [3.05, 3.63) is 0 Å². The number of nitrogens with one attached hydrogen (secondary N) is 2. The summed E-state index contributed by atoms with van der Waals surface area (Å²) in [6, 6.07) is 2.22. The van der Waals surface area contributed by atoms with E-state index in [9.17, 15) is 0 Å². The summed E-state index contributed by atoms with van der Waals surface area (Å²) in [7, 11) is 1.88. The molecule has 0 unspecified atom stereocenters. The topological polar surface area (TPSA) is 39.7 Å². The van der Waals surface area contributed by atoms with E-state index >= 15 is 0 Å². The summed E-state index contributed by atoms with van der Waals surface area (Å²) in [5.74, 6) is 1.02. The van der Waals surface area contributed by atoms with Crippen LogP contribution >= 0.6 is 0 Å². The van der Waals surface area contributed by atoms with Gasteiger partial charge in [0.05, 0.1) is 0 Å². The van der Waals surface area contributed by atoms with Gasteiger partial charge in [-0.05, 0) is 44.9 Å². The number of likely N-dealkylation sites (tertiary alicyclic amines) is 1. The highest BCUT2D eigenvalue weighted by Crippen LogP contribution is 2.29. The zero-order chi connectivity index (χ0) is 12.4. The Labute approximate surface area is 110 Å². The van der Waals surface area contributed by atoms with Gasteiger partial charge in [-0.1, -0.05) is 0 Å². The van der Waals surface area contributed by atoms with Crippen LogP contribution < -0.4 is 10.6 Å². The van der Waals surface area contributed by atoms with E-state index in [1.807, 2.05) is 7.05 Å². The van der Waals surface area contributed by atoms with Crippen molar-refractivity contribution < 1.29 is 0 Å². The predicted octanol–water partition coefficient (Wildman–Crippen LogP) is 1.33. The van der Waals surface area contributed by atoms with Crippen LogP contribution in [0, 0.1) is 0 Å². The molecule has 0 bridgehead atoms. The fourth-order valence-corrected chi connectivity index (χ4v) is 2.96. The molecule has 1 aliphatic heterocycles. The molecule has 0 aromatic heterocycles. The average Bonchev–Trinajstić information content (AvgIpc) is 3.17. The first-order valence-corrected chi connectivity index (χ1v) is 7.59. The monoisotopic (exact) mass is 250 g/mol. The van der Waals surface area contributed by atoms with Crippen molar-refractivity contribution in [2.24, 2.45) is 4.99 Å². The molecule has 0 aromatic rings. The minimum Gasteiger partial charge on any atom is -0.354 e. The molecule has 1 heterocycles. The summed E-state index contributed by atoms with van der Waals surface area (Å²) in [5.41, 5.74) is 0. The first kappa shape index (κ1) is 12.3. The van der Waals surface area contributed by atoms with Gasteiger partial charge >= 0.3 is 0 Å². The lowest BCUT2D eigenvalue weighted by atomic mass is 9.93. The van der Waals surface area contributed by atoms with Gasteiger partial charge in [0.25, 0.3) is 0 Å². The van der Waals surface area contributed by atoms with Crippen molar-refractivity contribution in [1.82, 2.24) is 15.5 Å². The van der Waals surface area contributed by atoms with Gasteiger partial charge in [0.2, 0.25) is 0 Å². The minimum atomic E-state index is 0.617. The maximum absolute atomic E-state index is 4.35. The molecular formula is C14H26N4. The van der Waals surface area contributed by atoms with Crippen molar-refractivity contribution in [3.63, 3.8) is 0 Å². The standard InChI is InChI=1S/C14H26N4/c1-15-14(16-11-3-2-4-11)17-12-7-9-18(10-8-12)13-5-6-13/h11-13H,2-10H2,1H3,(H2,15,16,17). The van der Waals surface area contributed by atoms with Crippen molar-refractivity contribution in [1.29, 1.82) is 0 Å². The molecule has 3 fully saturated rings. The summed E-state index contributed by atoms with van der Waals surface area (Å²) >= 11 is 0. The van der Waals surface area contributed by atoms with Crippen LogP contribution in [0.25, 0.3) is 0 Å². The first-order valence-electron chi connectivity index (χ1n) is 7.59. The molecule has 2 aliphatic carbocycles. The Hall–Kier alpha value is -0.770. The van der Waals surface area contributed by atoms with Crippen LogP contribution in [0.1, 0.15) is 44.9 Å². The zero-order valence-electron chi connectivity index (χ0n) is 11.5. The van der Waals surface area contributed by atoms with E-state index in [0.29, 0.717) is 12.1 Å². The van der Waals surface area contributed by atoms with Crippen molar-refractivity contribution in [3.8, 4) is 0 Å². The Morgan fingerprint density at radius 2 is 1.56 bits per heavy atom. The van der Waals surface area contributed by atoms with E-state index in [0.717, 1.165) is 12.0 Å². The van der Waals surface area contributed by atoms with E-state index in [4.69, 9.17) is 0 Å². The van der Waals surface area contributed by atoms with Crippen molar-refractivity contribution in [2.45, 2.75) is 63.1 Å². The number of hydrogen-bond acceptors (Lipinski definition) is 2. The van der Waals surface area contributed by atoms with Crippen LogP contribution in [0.4, 0.5) is 0 Å². The molecule has 1 saturated heterocycles. The van der Waals surface area contributed by atoms with Gasteiger partial charge in [0.1, 0.15) is 0 Å². The Kier molecular flexibility index (Phi) is 3.73. The summed E-state index contributed by atoms with van der Waals surface area (Å²) in [6.45, 7) is 2.53. The zero-order valence-corrected chi connectivity index (χ0v) is 11.5. The maximum Gasteiger partial charge on any atom is 0.191 e. The van der Waals surface area contributed by atoms with Crippen LogP contribution in [0.2, 0.25) is 0 Å². The molecule has 0 radical (unpaired) electrons. The minimum absolute atomic E-state index is 0.617. The second-order valence-corrected chi connectivity index (χ2v) is 6.03. The number of guanidine groups is 1. The van der Waals surface area contributed by atoms with Gasteiger partial charge in [0.15, 0.2) is 5.96 Å². The lowest BCUT2D eigenvalue weighted by Gasteiger charge is -2.34. The largest absolute Gasteiger partial charge is 0.354 e. The Morgan fingerprint density at radius 1 is 0.944 bits per heavy atom. The van der Waals surface area contributed by atoms with E-state index < -0.39 is 0 Å². The quantitative estimate of drug-likeness (QED) is 0.586. The van der Waals surface area contributed by atoms with Crippen LogP contribution in [0.5, 0.6) is 0 Å². The van der Waals surface area contributed by atoms with Crippen molar-refractivity contribution >= 4 is 5.96 Å². The maximum atomic E-state index is 4.35. The SMILES string of the molecule is CN=C(NC1CCC1)NC1CCN(C2CC2)CC1. The number of hydrogen-bond donors (Lipinski definition) is 2. The fraction of sp³-hybridized carbons (Fsp3) is 0.929. The van der Waals surface area contributed by atoms with Gasteiger partial charge in [-0.15, -0.1) is 0 Å². The molecule has 2 N–H and O–H groups in total. The lowest BCUT2D eigenvalue weighted by Crippen LogP contribution is -2.52. The summed E-state index contributed by atoms with van der Waals surface area (Å²) in [4.78, 5) is 7.02. The van der Waals surface area contributed by atoms with E-state index in [1.165, 1.54) is 58.0 Å². The van der Waals surface area contributed by atoms with E-state index in [1.54, 1.807) is 0 Å². The summed E-state index contributed by atoms with van der Waals surface area (Å²) < 4.78 is 0. The molecule has 18 heavy (non-hydrogen) atoms. The molecule has 102 valence electrons. The molecule has 0 amide bonds. The fourth-order valence-electron chi connectivity index (χ4n) is 2.96. The number of aliphatic imine (C=N–C) groups is 1. The number of rotatable bonds is 3. The molecule has 3 rings (SSSR count). The summed E-state index contributed by atoms with van der Waals surface area (Å²) in [6.07, 6.45) is 9.38. The lowest BCUT2D eigenvalue weighted by molar-refractivity contribution is 0.197. The highest BCUT2D eigenvalue weighted by atomic mass is 15.2. The van der Waals surface area contributed by atoms with E-state index in [-0.39, 0.29) is 0 Å². The van der Waals surface area contributed by atoms with Gasteiger partial charge in [-0.2, -0.15) is 0 Å². The molecule has 4 heteroatoms. The van der Waals surface area contributed by atoms with Gasteiger partial charge < -0.3 is 15.5 Å². The first-order chi connectivity index (χ1) is 8.85. The van der Waals surface area contributed by atoms with Crippen LogP contribution in [0.15, 0.2) is 4.99 Å². The third-order valence-electron chi connectivity index (χ3n) is 4.60. The van der Waals surface area contributed by atoms with Crippen LogP contribution in [0.3, 0.4) is 0 Å². The van der Waals surface area contributed by atoms with Crippen LogP contribution in [-0.2, 0) is 0 Å². The third kappa shape index (κ3) is 2.97. The Bertz CT molecular complexity index is 299. The van der Waals surface area contributed by atoms with Gasteiger partial charge in [-0.3, -0.25) is 4.99 Å². The van der Waals surface area contributed by atoms with Crippen molar-refractivity contribution in [2.75, 3.05) is 20.1 Å². The van der Waals surface area contributed by atoms with Gasteiger partial charge in [-0.25, -0.2) is 0 Å². The normalized spacial score (nSPS) is 27.9. The molecule has 2 saturated carbocycles. The highest BCUT2D eigenvalue weighted by molar-refractivity contribution is 5.80. The third-order valence-corrected chi connectivity index (χ3v) is 4.60. The van der Waals surface area contributed by atoms with E-state index in [2.05, 4.69) is 20.5 Å².